The van der Waals surface area contributed by atoms with E-state index in [0.29, 0.717) is 16.1 Å². The fourth-order valence-corrected chi connectivity index (χ4v) is 3.30. The number of carbonyl (C=O) groups is 2. The average molecular weight is 473 g/mol. The molecule has 33 heavy (non-hydrogen) atoms. The van der Waals surface area contributed by atoms with Crippen LogP contribution in [0.5, 0.6) is 0 Å². The number of amides is 2. The van der Waals surface area contributed by atoms with Gasteiger partial charge in [0.15, 0.2) is 0 Å². The lowest BCUT2D eigenvalue weighted by Gasteiger charge is -2.31. The highest BCUT2D eigenvalue weighted by Crippen LogP contribution is 2.19. The molecule has 0 aliphatic carbocycles. The Morgan fingerprint density at radius 3 is 2.45 bits per heavy atom. The highest BCUT2D eigenvalue weighted by atomic mass is 35.5. The standard InChI is InChI=1S/C23H26ClFN6O2/c1-15(22(33)26-23(2,3)4)30(13-17-7-5-6-8-19(17)24)20(32)14-31-28-21(27-29-31)16-9-11-18(25)12-10-16/h5-12,15H,13-14H2,1-4H3,(H,26,33)/t15-/m1/s1. The van der Waals surface area contributed by atoms with Gasteiger partial charge in [-0.25, -0.2) is 4.39 Å². The molecule has 0 bridgehead atoms. The van der Waals surface area contributed by atoms with E-state index < -0.39 is 11.6 Å². The van der Waals surface area contributed by atoms with Crippen molar-refractivity contribution in [3.8, 4) is 11.4 Å². The first kappa shape index (κ1) is 24.3. The lowest BCUT2D eigenvalue weighted by atomic mass is 10.1. The van der Waals surface area contributed by atoms with Crippen LogP contribution in [-0.2, 0) is 22.7 Å². The number of tetrazole rings is 1. The zero-order valence-corrected chi connectivity index (χ0v) is 19.7. The SMILES string of the molecule is C[C@H](C(=O)NC(C)(C)C)N(Cc1ccccc1Cl)C(=O)Cn1nnc(-c2ccc(F)cc2)n1. The molecule has 0 radical (unpaired) electrons. The molecule has 1 aromatic heterocycles. The zero-order chi connectivity index (χ0) is 24.2. The predicted octanol–water partition coefficient (Wildman–Crippen LogP) is 3.46. The van der Waals surface area contributed by atoms with Gasteiger partial charge in [-0.3, -0.25) is 9.59 Å². The Balaban J connectivity index is 1.82. The third kappa shape index (κ3) is 6.58. The molecular weight excluding hydrogens is 447 g/mol. The number of carbonyl (C=O) groups excluding carboxylic acids is 2. The third-order valence-electron chi connectivity index (χ3n) is 4.80. The van der Waals surface area contributed by atoms with E-state index in [1.165, 1.54) is 29.2 Å². The van der Waals surface area contributed by atoms with E-state index in [1.54, 1.807) is 25.1 Å². The van der Waals surface area contributed by atoms with Gasteiger partial charge >= 0.3 is 0 Å². The number of nitrogens with zero attached hydrogens (tertiary/aromatic N) is 5. The maximum absolute atomic E-state index is 13.3. The number of nitrogens with one attached hydrogen (secondary N) is 1. The first-order chi connectivity index (χ1) is 15.5. The molecule has 0 aliphatic heterocycles. The van der Waals surface area contributed by atoms with E-state index in [9.17, 15) is 14.0 Å². The molecule has 1 atom stereocenters. The molecule has 3 rings (SSSR count). The molecule has 0 saturated heterocycles. The fourth-order valence-electron chi connectivity index (χ4n) is 3.10. The summed E-state index contributed by atoms with van der Waals surface area (Å²) < 4.78 is 13.2. The summed E-state index contributed by atoms with van der Waals surface area (Å²) in [4.78, 5) is 28.7. The minimum absolute atomic E-state index is 0.136. The van der Waals surface area contributed by atoms with Gasteiger partial charge in [0.05, 0.1) is 0 Å². The summed E-state index contributed by atoms with van der Waals surface area (Å²) in [6.45, 7) is 7.17. The Morgan fingerprint density at radius 2 is 1.82 bits per heavy atom. The van der Waals surface area contributed by atoms with Crippen molar-refractivity contribution in [1.82, 2.24) is 30.4 Å². The van der Waals surface area contributed by atoms with Crippen LogP contribution < -0.4 is 5.32 Å². The van der Waals surface area contributed by atoms with E-state index in [1.807, 2.05) is 26.8 Å². The second kappa shape index (κ2) is 10.1. The van der Waals surface area contributed by atoms with Crippen molar-refractivity contribution < 1.29 is 14.0 Å². The van der Waals surface area contributed by atoms with Gasteiger partial charge in [-0.05, 0) is 68.8 Å². The lowest BCUT2D eigenvalue weighted by molar-refractivity contribution is -0.142. The summed E-state index contributed by atoms with van der Waals surface area (Å²) in [6, 6.07) is 12.0. The lowest BCUT2D eigenvalue weighted by Crippen LogP contribution is -2.53. The molecule has 174 valence electrons. The molecule has 0 saturated carbocycles. The molecule has 1 heterocycles. The molecule has 2 aromatic carbocycles. The Labute approximate surface area is 196 Å². The molecule has 3 aromatic rings. The molecule has 2 amide bonds. The van der Waals surface area contributed by atoms with E-state index in [0.717, 1.165) is 4.80 Å². The van der Waals surface area contributed by atoms with Crippen LogP contribution in [-0.4, -0.2) is 48.5 Å². The van der Waals surface area contributed by atoms with E-state index in [4.69, 9.17) is 11.6 Å². The summed E-state index contributed by atoms with van der Waals surface area (Å²) in [7, 11) is 0. The molecule has 0 aliphatic rings. The van der Waals surface area contributed by atoms with E-state index in [-0.39, 0.29) is 36.5 Å². The molecule has 1 N–H and O–H groups in total. The summed E-state index contributed by atoms with van der Waals surface area (Å²) >= 11 is 6.30. The average Bonchev–Trinajstić information content (AvgIpc) is 3.20. The number of aromatic nitrogens is 4. The minimum atomic E-state index is -0.770. The van der Waals surface area contributed by atoms with Gasteiger partial charge in [0, 0.05) is 22.7 Å². The second-order valence-electron chi connectivity index (χ2n) is 8.68. The van der Waals surface area contributed by atoms with Crippen molar-refractivity contribution in [2.75, 3.05) is 0 Å². The van der Waals surface area contributed by atoms with Crippen LogP contribution in [0.2, 0.25) is 5.02 Å². The summed E-state index contributed by atoms with van der Waals surface area (Å²) in [5.74, 6) is -0.783. The van der Waals surface area contributed by atoms with Crippen molar-refractivity contribution in [3.05, 3.63) is 64.9 Å². The van der Waals surface area contributed by atoms with Gasteiger partial charge in [0.1, 0.15) is 18.4 Å². The summed E-state index contributed by atoms with van der Waals surface area (Å²) in [5.41, 5.74) is 0.824. The van der Waals surface area contributed by atoms with Crippen LogP contribution in [0.1, 0.15) is 33.3 Å². The minimum Gasteiger partial charge on any atom is -0.350 e. The van der Waals surface area contributed by atoms with E-state index >= 15 is 0 Å². The third-order valence-corrected chi connectivity index (χ3v) is 5.16. The van der Waals surface area contributed by atoms with Gasteiger partial charge < -0.3 is 10.2 Å². The highest BCUT2D eigenvalue weighted by Gasteiger charge is 2.29. The summed E-state index contributed by atoms with van der Waals surface area (Å²) in [5, 5.41) is 15.5. The first-order valence-corrected chi connectivity index (χ1v) is 10.8. The van der Waals surface area contributed by atoms with Gasteiger partial charge in [-0.2, -0.15) is 4.80 Å². The van der Waals surface area contributed by atoms with Crippen molar-refractivity contribution in [1.29, 1.82) is 0 Å². The second-order valence-corrected chi connectivity index (χ2v) is 9.09. The van der Waals surface area contributed by atoms with Crippen LogP contribution in [0.3, 0.4) is 0 Å². The number of hydrogen-bond acceptors (Lipinski definition) is 5. The van der Waals surface area contributed by atoms with Crippen LogP contribution >= 0.6 is 11.6 Å². The number of rotatable bonds is 7. The number of benzene rings is 2. The maximum atomic E-state index is 13.3. The fraction of sp³-hybridized carbons (Fsp3) is 0.348. The van der Waals surface area contributed by atoms with Crippen molar-refractivity contribution in [2.24, 2.45) is 0 Å². The molecule has 0 spiro atoms. The van der Waals surface area contributed by atoms with Crippen molar-refractivity contribution in [2.45, 2.75) is 52.4 Å². The Hall–Kier alpha value is -3.33. The molecule has 0 unspecified atom stereocenters. The topological polar surface area (TPSA) is 93.0 Å². The van der Waals surface area contributed by atoms with Crippen LogP contribution in [0, 0.1) is 5.82 Å². The predicted molar refractivity (Wildman–Crippen MR) is 123 cm³/mol. The Morgan fingerprint density at radius 1 is 1.15 bits per heavy atom. The maximum Gasteiger partial charge on any atom is 0.247 e. The quantitative estimate of drug-likeness (QED) is 0.568. The van der Waals surface area contributed by atoms with Crippen LogP contribution in [0.4, 0.5) is 4.39 Å². The Bertz CT molecular complexity index is 1130. The number of halogens is 2. The molecule has 8 nitrogen and oxygen atoms in total. The molecular formula is C23H26ClFN6O2. The Kier molecular flexibility index (Phi) is 7.43. The van der Waals surface area contributed by atoms with Crippen LogP contribution in [0.25, 0.3) is 11.4 Å². The molecule has 0 fully saturated rings. The van der Waals surface area contributed by atoms with Crippen molar-refractivity contribution in [3.63, 3.8) is 0 Å². The van der Waals surface area contributed by atoms with Crippen LogP contribution in [0.15, 0.2) is 48.5 Å². The molecule has 10 heteroatoms. The van der Waals surface area contributed by atoms with E-state index in [2.05, 4.69) is 20.7 Å². The number of hydrogen-bond donors (Lipinski definition) is 1. The summed E-state index contributed by atoms with van der Waals surface area (Å²) in [6.07, 6.45) is 0. The van der Waals surface area contributed by atoms with Gasteiger partial charge in [0.25, 0.3) is 0 Å². The van der Waals surface area contributed by atoms with Crippen molar-refractivity contribution >= 4 is 23.4 Å². The van der Waals surface area contributed by atoms with Gasteiger partial charge in [-0.15, -0.1) is 10.2 Å². The highest BCUT2D eigenvalue weighted by molar-refractivity contribution is 6.31. The monoisotopic (exact) mass is 472 g/mol. The largest absolute Gasteiger partial charge is 0.350 e. The van der Waals surface area contributed by atoms with Gasteiger partial charge in [0.2, 0.25) is 17.6 Å². The smallest absolute Gasteiger partial charge is 0.247 e. The zero-order valence-electron chi connectivity index (χ0n) is 18.9. The normalized spacial score (nSPS) is 12.3. The first-order valence-electron chi connectivity index (χ1n) is 10.4. The van der Waals surface area contributed by atoms with Gasteiger partial charge in [-0.1, -0.05) is 29.8 Å².